The van der Waals surface area contributed by atoms with Gasteiger partial charge in [-0.05, 0) is 40.2 Å². The summed E-state index contributed by atoms with van der Waals surface area (Å²) >= 11 is 3.32. The van der Waals surface area contributed by atoms with Gasteiger partial charge < -0.3 is 4.42 Å². The number of rotatable bonds is 3. The molecule has 0 saturated carbocycles. The summed E-state index contributed by atoms with van der Waals surface area (Å²) in [5.41, 5.74) is 3.85. The van der Waals surface area contributed by atoms with Crippen LogP contribution in [0.25, 0.3) is 0 Å². The first-order valence-electron chi connectivity index (χ1n) is 4.44. The van der Waals surface area contributed by atoms with Gasteiger partial charge in [0.1, 0.15) is 0 Å². The lowest BCUT2D eigenvalue weighted by atomic mass is 10.3. The Bertz CT molecular complexity index is 437. The fourth-order valence-electron chi connectivity index (χ4n) is 1.08. The Morgan fingerprint density at radius 3 is 2.60 bits per heavy atom. The Kier molecular flexibility index (Phi) is 3.19. The third kappa shape index (κ3) is 2.70. The lowest BCUT2D eigenvalue weighted by Crippen LogP contribution is -1.94. The Hall–Kier alpha value is -1.55. The average molecular weight is 265 g/mol. The molecule has 0 spiro atoms. The molecule has 0 bridgehead atoms. The van der Waals surface area contributed by atoms with Crippen LogP contribution in [-0.4, -0.2) is 4.62 Å². The van der Waals surface area contributed by atoms with Crippen molar-refractivity contribution in [2.45, 2.75) is 0 Å². The van der Waals surface area contributed by atoms with Crippen LogP contribution < -0.4 is 5.43 Å². The lowest BCUT2D eigenvalue weighted by Gasteiger charge is -1.99. The molecule has 15 heavy (non-hydrogen) atoms. The molecule has 0 radical (unpaired) electrons. The van der Waals surface area contributed by atoms with Crippen molar-refractivity contribution in [3.8, 4) is 0 Å². The fourth-order valence-corrected chi connectivity index (χ4v) is 1.39. The summed E-state index contributed by atoms with van der Waals surface area (Å²) in [6, 6.07) is 13.4. The predicted octanol–water partition coefficient (Wildman–Crippen LogP) is 3.45. The standard InChI is InChI=1S/C11H9BrN2O/c12-11(10-7-4-8-15-10)14-13-9-5-2-1-3-6-9/h1-8,13H/b14-11-. The summed E-state index contributed by atoms with van der Waals surface area (Å²) in [7, 11) is 0. The van der Waals surface area contributed by atoms with Crippen molar-refractivity contribution in [2.24, 2.45) is 5.10 Å². The number of nitrogens with zero attached hydrogens (tertiary/aromatic N) is 1. The van der Waals surface area contributed by atoms with Gasteiger partial charge in [0.25, 0.3) is 0 Å². The van der Waals surface area contributed by atoms with E-state index in [2.05, 4.69) is 26.5 Å². The number of hydrogen-bond acceptors (Lipinski definition) is 3. The zero-order valence-corrected chi connectivity index (χ0v) is 9.44. The number of anilines is 1. The van der Waals surface area contributed by atoms with Gasteiger partial charge in [0.05, 0.1) is 12.0 Å². The van der Waals surface area contributed by atoms with Crippen LogP contribution in [0.3, 0.4) is 0 Å². The van der Waals surface area contributed by atoms with Crippen LogP contribution in [-0.2, 0) is 0 Å². The van der Waals surface area contributed by atoms with Crippen molar-refractivity contribution < 1.29 is 4.42 Å². The van der Waals surface area contributed by atoms with E-state index in [1.54, 1.807) is 6.26 Å². The van der Waals surface area contributed by atoms with Gasteiger partial charge in [-0.25, -0.2) is 0 Å². The van der Waals surface area contributed by atoms with Crippen LogP contribution in [0.1, 0.15) is 5.76 Å². The summed E-state index contributed by atoms with van der Waals surface area (Å²) in [6.07, 6.45) is 1.61. The van der Waals surface area contributed by atoms with E-state index in [4.69, 9.17) is 4.42 Å². The molecule has 2 aromatic rings. The summed E-state index contributed by atoms with van der Waals surface area (Å²) in [5.74, 6) is 0.693. The molecule has 0 atom stereocenters. The van der Waals surface area contributed by atoms with Crippen LogP contribution in [0.2, 0.25) is 0 Å². The quantitative estimate of drug-likeness (QED) is 0.681. The van der Waals surface area contributed by atoms with Crippen LogP contribution >= 0.6 is 15.9 Å². The molecule has 76 valence electrons. The number of benzene rings is 1. The van der Waals surface area contributed by atoms with Crippen LogP contribution in [0.5, 0.6) is 0 Å². The number of para-hydroxylation sites is 1. The van der Waals surface area contributed by atoms with Gasteiger partial charge in [-0.15, -0.1) is 0 Å². The zero-order valence-electron chi connectivity index (χ0n) is 7.85. The van der Waals surface area contributed by atoms with Crippen molar-refractivity contribution in [1.82, 2.24) is 0 Å². The molecular formula is C11H9BrN2O. The molecule has 4 heteroatoms. The van der Waals surface area contributed by atoms with Gasteiger partial charge in [-0.1, -0.05) is 18.2 Å². The third-order valence-electron chi connectivity index (χ3n) is 1.78. The Morgan fingerprint density at radius 2 is 1.93 bits per heavy atom. The molecule has 1 aromatic heterocycles. The van der Waals surface area contributed by atoms with Crippen molar-refractivity contribution in [3.63, 3.8) is 0 Å². The zero-order chi connectivity index (χ0) is 10.5. The number of halogens is 1. The smallest absolute Gasteiger partial charge is 0.168 e. The topological polar surface area (TPSA) is 37.5 Å². The van der Waals surface area contributed by atoms with E-state index < -0.39 is 0 Å². The summed E-state index contributed by atoms with van der Waals surface area (Å²) in [6.45, 7) is 0. The SMILES string of the molecule is Br/C(=N\Nc1ccccc1)c1ccco1. The van der Waals surface area contributed by atoms with E-state index in [0.29, 0.717) is 10.4 Å². The van der Waals surface area contributed by atoms with Gasteiger partial charge in [0, 0.05) is 0 Å². The summed E-state index contributed by atoms with van der Waals surface area (Å²) < 4.78 is 5.80. The first kappa shape index (κ1) is 9.98. The maximum absolute atomic E-state index is 5.17. The molecule has 0 unspecified atom stereocenters. The van der Waals surface area contributed by atoms with E-state index in [1.165, 1.54) is 0 Å². The van der Waals surface area contributed by atoms with E-state index >= 15 is 0 Å². The molecule has 1 aromatic carbocycles. The maximum atomic E-state index is 5.17. The van der Waals surface area contributed by atoms with Gasteiger partial charge in [-0.3, -0.25) is 5.43 Å². The second-order valence-corrected chi connectivity index (χ2v) is 3.61. The number of nitrogens with one attached hydrogen (secondary N) is 1. The highest BCUT2D eigenvalue weighted by molar-refractivity contribution is 9.18. The average Bonchev–Trinajstić information content (AvgIpc) is 2.81. The Morgan fingerprint density at radius 1 is 1.13 bits per heavy atom. The molecule has 0 fully saturated rings. The third-order valence-corrected chi connectivity index (χ3v) is 2.35. The largest absolute Gasteiger partial charge is 0.462 e. The minimum Gasteiger partial charge on any atom is -0.462 e. The van der Waals surface area contributed by atoms with Crippen molar-refractivity contribution in [1.29, 1.82) is 0 Å². The molecule has 3 nitrogen and oxygen atoms in total. The minimum atomic E-state index is 0.636. The van der Waals surface area contributed by atoms with Crippen LogP contribution in [0.4, 0.5) is 5.69 Å². The number of hydrogen-bond donors (Lipinski definition) is 1. The number of hydrazone groups is 1. The first-order valence-corrected chi connectivity index (χ1v) is 5.24. The highest BCUT2D eigenvalue weighted by atomic mass is 79.9. The van der Waals surface area contributed by atoms with E-state index in [-0.39, 0.29) is 0 Å². The Balaban J connectivity index is 2.06. The van der Waals surface area contributed by atoms with Gasteiger partial charge in [0.2, 0.25) is 0 Å². The monoisotopic (exact) mass is 264 g/mol. The molecule has 0 aliphatic heterocycles. The summed E-state index contributed by atoms with van der Waals surface area (Å²) in [5, 5.41) is 4.13. The summed E-state index contributed by atoms with van der Waals surface area (Å²) in [4.78, 5) is 0. The normalized spacial score (nSPS) is 11.4. The molecule has 0 saturated heterocycles. The molecule has 0 aliphatic rings. The second kappa shape index (κ2) is 4.79. The fraction of sp³-hybridized carbons (Fsp3) is 0. The van der Waals surface area contributed by atoms with Gasteiger partial charge in [0.15, 0.2) is 10.4 Å². The molecular weight excluding hydrogens is 256 g/mol. The van der Waals surface area contributed by atoms with Crippen molar-refractivity contribution in [2.75, 3.05) is 5.43 Å². The predicted molar refractivity (Wildman–Crippen MR) is 64.2 cm³/mol. The minimum absolute atomic E-state index is 0.636. The lowest BCUT2D eigenvalue weighted by molar-refractivity contribution is 0.559. The van der Waals surface area contributed by atoms with Crippen LogP contribution in [0, 0.1) is 0 Å². The second-order valence-electron chi connectivity index (χ2n) is 2.86. The van der Waals surface area contributed by atoms with Crippen molar-refractivity contribution >= 4 is 26.2 Å². The highest BCUT2D eigenvalue weighted by Crippen LogP contribution is 2.10. The molecule has 1 heterocycles. The molecule has 2 rings (SSSR count). The van der Waals surface area contributed by atoms with E-state index in [0.717, 1.165) is 5.69 Å². The first-order chi connectivity index (χ1) is 7.36. The molecule has 1 N–H and O–H groups in total. The highest BCUT2D eigenvalue weighted by Gasteiger charge is 2.00. The Labute approximate surface area is 95.9 Å². The van der Waals surface area contributed by atoms with Gasteiger partial charge in [-0.2, -0.15) is 5.10 Å². The van der Waals surface area contributed by atoms with Crippen LogP contribution in [0.15, 0.2) is 58.2 Å². The maximum Gasteiger partial charge on any atom is 0.168 e. The van der Waals surface area contributed by atoms with Crippen molar-refractivity contribution in [3.05, 3.63) is 54.5 Å². The van der Waals surface area contributed by atoms with Gasteiger partial charge >= 0.3 is 0 Å². The number of furan rings is 1. The van der Waals surface area contributed by atoms with E-state index in [1.807, 2.05) is 42.5 Å². The molecule has 0 amide bonds. The van der Waals surface area contributed by atoms with E-state index in [9.17, 15) is 0 Å². The molecule has 0 aliphatic carbocycles.